The van der Waals surface area contributed by atoms with Crippen molar-refractivity contribution in [1.29, 1.82) is 0 Å². The van der Waals surface area contributed by atoms with Crippen LogP contribution in [0.25, 0.3) is 111 Å². The van der Waals surface area contributed by atoms with Crippen molar-refractivity contribution in [2.45, 2.75) is 109 Å². The highest BCUT2D eigenvalue weighted by molar-refractivity contribution is 14.1. The molecule has 742 valence electrons. The van der Waals surface area contributed by atoms with E-state index in [-0.39, 0.29) is 42.1 Å². The zero-order chi connectivity index (χ0) is 100. The zero-order valence-electron chi connectivity index (χ0n) is 81.1. The summed E-state index contributed by atoms with van der Waals surface area (Å²) in [5, 5.41) is 56.8. The summed E-state index contributed by atoms with van der Waals surface area (Å²) in [6.45, 7) is 14.4. The maximum absolute atomic E-state index is 14.6. The second kappa shape index (κ2) is 47.5. The van der Waals surface area contributed by atoms with Crippen LogP contribution in [-0.4, -0.2) is 246 Å². The predicted molar refractivity (Wildman–Crippen MR) is 574 cm³/mol. The summed E-state index contributed by atoms with van der Waals surface area (Å²) in [5.74, 6) is -0.881. The van der Waals surface area contributed by atoms with Crippen LogP contribution >= 0.6 is 72.7 Å². The fourth-order valence-electron chi connectivity index (χ4n) is 15.8. The maximum atomic E-state index is 14.6. The molecule has 0 amide bonds. The van der Waals surface area contributed by atoms with E-state index in [0.29, 0.717) is 16.7 Å². The third-order valence-corrected chi connectivity index (χ3v) is 27.4. The number of ether oxygens (including phenoxy) is 2. The van der Waals surface area contributed by atoms with Crippen LogP contribution in [0.15, 0.2) is 281 Å². The van der Waals surface area contributed by atoms with Gasteiger partial charge in [0.15, 0.2) is 9.84 Å². The Morgan fingerprint density at radius 2 is 0.881 bits per heavy atom. The SMILES string of the molecule is Brc1ccc2ccnn2c1.CC1(C)OB(c2cnn(C3CCCCO3)c2)OC1(C)C.CN(C)CCCl.CN(C)CCn1cc(-c2ccc3c(-c4cc(CS(C)(=O)=O)cc(-c5ccc(F)cc5F)c4)cnn3c2)cn1.CN(C)CCn1cc(-c2ccc3c(I)cnn3c2)cn1.Ic1cnn2cc(-c3cn[nH]c3)ccc12.c1cc2ccc(-c3cn[nH]c3)cn2n1.c1cc2ccc(-c3cnn(C4CCCCO4)c3)cn2n1. The van der Waals surface area contributed by atoms with Gasteiger partial charge in [0.2, 0.25) is 0 Å². The molecule has 0 bridgehead atoms. The third-order valence-electron chi connectivity index (χ3n) is 24.2. The van der Waals surface area contributed by atoms with Gasteiger partial charge in [0.05, 0.1) is 120 Å². The number of aromatic amines is 2. The molecular formula is C102H112BBrClF2I2N27O6S. The van der Waals surface area contributed by atoms with Gasteiger partial charge in [0.1, 0.15) is 24.1 Å². The predicted octanol–water partition coefficient (Wildman–Crippen LogP) is 19.0. The zero-order valence-corrected chi connectivity index (χ0v) is 88.6. The summed E-state index contributed by atoms with van der Waals surface area (Å²) in [6.07, 6.45) is 53.6. The Morgan fingerprint density at radius 3 is 1.35 bits per heavy atom. The summed E-state index contributed by atoms with van der Waals surface area (Å²) in [4.78, 5) is 6.30. The van der Waals surface area contributed by atoms with E-state index in [9.17, 15) is 17.2 Å². The first-order valence-corrected chi connectivity index (χ1v) is 52.1. The minimum absolute atomic E-state index is 0.0555. The van der Waals surface area contributed by atoms with Gasteiger partial charge < -0.3 is 33.5 Å². The second-order valence-corrected chi connectivity index (χ2v) is 42.2. The Kier molecular flexibility index (Phi) is 34.4. The quantitative estimate of drug-likeness (QED) is 0.0407. The molecule has 23 rings (SSSR count). The Bertz CT molecular complexity index is 7670. The molecular weight excluding hydrogens is 2150 g/mol. The number of fused-ring (bicyclic) bond motifs is 6. The van der Waals surface area contributed by atoms with Gasteiger partial charge in [-0.25, -0.2) is 53.7 Å². The number of halogens is 6. The summed E-state index contributed by atoms with van der Waals surface area (Å²) in [6, 6.07) is 39.0. The Labute approximate surface area is 867 Å². The molecule has 20 aromatic rings. The van der Waals surface area contributed by atoms with Crippen molar-refractivity contribution >= 4 is 128 Å². The molecule has 3 aliphatic rings. The molecule has 2 aromatic carbocycles. The second-order valence-electron chi connectivity index (χ2n) is 36.4. The first-order valence-electron chi connectivity index (χ1n) is 46.6. The molecule has 2 atom stereocenters. The summed E-state index contributed by atoms with van der Waals surface area (Å²) < 4.78 is 98.0. The molecule has 41 heteroatoms. The fourth-order valence-corrected chi connectivity index (χ4v) is 18.3. The van der Waals surface area contributed by atoms with Gasteiger partial charge in [0, 0.05) is 227 Å². The lowest BCUT2D eigenvalue weighted by Gasteiger charge is -2.32. The van der Waals surface area contributed by atoms with Gasteiger partial charge >= 0.3 is 7.12 Å². The van der Waals surface area contributed by atoms with E-state index in [1.54, 1.807) is 59.9 Å². The van der Waals surface area contributed by atoms with Gasteiger partial charge in [-0.3, -0.25) is 19.6 Å². The van der Waals surface area contributed by atoms with Gasteiger partial charge in [0.25, 0.3) is 0 Å². The van der Waals surface area contributed by atoms with Crippen LogP contribution in [-0.2, 0) is 47.5 Å². The molecule has 3 fully saturated rings. The Balaban J connectivity index is 0.000000123. The van der Waals surface area contributed by atoms with Crippen LogP contribution in [0.2, 0.25) is 0 Å². The number of pyridine rings is 6. The number of hydrogen-bond donors (Lipinski definition) is 2. The van der Waals surface area contributed by atoms with E-state index < -0.39 is 21.5 Å². The molecule has 0 radical (unpaired) electrons. The molecule has 143 heavy (non-hydrogen) atoms. The van der Waals surface area contributed by atoms with Crippen molar-refractivity contribution in [1.82, 2.24) is 132 Å². The number of nitrogens with zero attached hydrogens (tertiary/aromatic N) is 25. The lowest BCUT2D eigenvalue weighted by atomic mass is 9.82. The number of H-pyrrole nitrogens is 2. The number of likely N-dealkylation sites (N-methyl/N-ethyl adjacent to an activating group) is 2. The van der Waals surface area contributed by atoms with Crippen LogP contribution < -0.4 is 5.46 Å². The van der Waals surface area contributed by atoms with Gasteiger partial charge in [-0.1, -0.05) is 30.3 Å². The van der Waals surface area contributed by atoms with Gasteiger partial charge in [-0.15, -0.1) is 11.6 Å². The molecule has 0 aliphatic carbocycles. The standard InChI is InChI=1S/C28H27F2N5O2S.C15H16N4O.C14H23BN2O3.C14H16IN5.C10H7IN4.C10H8N4.C7H5BrN2.C4H10ClN/c1-33(2)8-9-34-16-23(14-31-34)20-4-7-28-26(15-32-35(28)17-20)22-11-19(18-38(3,36)37)10-21(12-22)25-6-5-24(29)13-27(25)30;1-2-8-20-15(3-1)19-11-13(9-17-19)12-4-5-14-6-7-16-18(14)10-12;1-13(2)14(3,4)20-15(19-13)11-9-16-17(10-11)12-7-5-6-8-18-12;1-18(2)5-6-19-9-12(7-16-19)11-3-4-14-13(15)8-17-20(14)10-11;11-9-5-14-15-6-7(1-2-10(9)15)8-3-12-13-4-8;1-2-10-3-4-13-14(10)7-8(1)9-5-11-12-6-9;8-6-1-2-7-3-4-9-10(7)5-6;1-6(2)4-3-5/h4-7,10-17H,8-9,18H2,1-3H3;4-7,9-11,15H,1-3,8H2;9-10,12H,5-8H2,1-4H3;3-4,7-10H,5-6H2,1-2H3;1-6H,(H,12,13);1-7H,(H,11,12);1-5H;3-4H2,1-2H3. The number of rotatable bonds is 20. The molecule has 0 spiro atoms. The molecule has 2 N–H and O–H groups in total. The van der Waals surface area contributed by atoms with Crippen LogP contribution in [0.4, 0.5) is 8.78 Å². The van der Waals surface area contributed by atoms with Crippen molar-refractivity contribution in [3.8, 4) is 77.9 Å². The smallest absolute Gasteiger partial charge is 0.399 e. The number of aromatic nitrogens is 24. The summed E-state index contributed by atoms with van der Waals surface area (Å²) in [7, 11) is 8.47. The highest BCUT2D eigenvalue weighted by Crippen LogP contribution is 2.39. The highest BCUT2D eigenvalue weighted by atomic mass is 127. The highest BCUT2D eigenvalue weighted by Gasteiger charge is 2.52. The van der Waals surface area contributed by atoms with Crippen LogP contribution in [0.5, 0.6) is 0 Å². The van der Waals surface area contributed by atoms with Crippen LogP contribution in [0, 0.1) is 18.8 Å². The maximum Gasteiger partial charge on any atom is 0.498 e. The molecule has 18 aromatic heterocycles. The molecule has 0 saturated carbocycles. The number of sulfone groups is 1. The molecule has 33 nitrogen and oxygen atoms in total. The van der Waals surface area contributed by atoms with Crippen molar-refractivity contribution in [2.75, 3.05) is 87.3 Å². The minimum Gasteiger partial charge on any atom is -0.399 e. The normalized spacial score (nSPS) is 15.0. The number of benzene rings is 2. The average molecular weight is 2260 g/mol. The number of alkyl halides is 1. The monoisotopic (exact) mass is 2260 g/mol. The molecule has 3 aliphatic heterocycles. The van der Waals surface area contributed by atoms with Gasteiger partial charge in [-0.2, -0.15) is 61.2 Å². The topological polar surface area (TPSA) is 313 Å². The summed E-state index contributed by atoms with van der Waals surface area (Å²) in [5.41, 5.74) is 20.0. The van der Waals surface area contributed by atoms with Crippen molar-refractivity contribution in [2.24, 2.45) is 0 Å². The van der Waals surface area contributed by atoms with Gasteiger partial charge in [-0.05, 0) is 277 Å². The van der Waals surface area contributed by atoms with E-state index in [4.69, 9.17) is 30.4 Å². The van der Waals surface area contributed by atoms with E-state index in [1.807, 2.05) is 222 Å². The summed E-state index contributed by atoms with van der Waals surface area (Å²) >= 11 is 13.3. The Hall–Kier alpha value is -12.3. The minimum atomic E-state index is -3.35. The first-order chi connectivity index (χ1) is 68.9. The van der Waals surface area contributed by atoms with E-state index in [0.717, 1.165) is 201 Å². The van der Waals surface area contributed by atoms with Crippen LogP contribution in [0.3, 0.4) is 0 Å². The van der Waals surface area contributed by atoms with E-state index in [1.165, 1.54) is 25.0 Å². The number of nitrogens with one attached hydrogen (secondary N) is 2. The van der Waals surface area contributed by atoms with Crippen LogP contribution in [0.1, 0.15) is 84.2 Å². The molecule has 21 heterocycles. The largest absolute Gasteiger partial charge is 0.498 e. The average Bonchev–Trinajstić information content (AvgIpc) is 1.62. The van der Waals surface area contributed by atoms with E-state index >= 15 is 0 Å². The lowest BCUT2D eigenvalue weighted by molar-refractivity contribution is -0.0395. The molecule has 3 saturated heterocycles. The van der Waals surface area contributed by atoms with E-state index in [2.05, 4.69) is 239 Å². The third kappa shape index (κ3) is 27.2. The van der Waals surface area contributed by atoms with Crippen molar-refractivity contribution in [3.05, 3.63) is 305 Å². The number of hydrogen-bond acceptors (Lipinski definition) is 21. The van der Waals surface area contributed by atoms with Crippen molar-refractivity contribution < 1.29 is 36.0 Å². The lowest BCUT2D eigenvalue weighted by Crippen LogP contribution is -2.41. The Morgan fingerprint density at radius 1 is 0.441 bits per heavy atom. The first kappa shape index (κ1) is 104. The van der Waals surface area contributed by atoms with Crippen molar-refractivity contribution in [3.63, 3.8) is 0 Å². The fraction of sp³-hybridized carbons (Fsp3) is 0.294. The molecule has 2 unspecified atom stereocenters.